The molecule has 132 valence electrons. The highest BCUT2D eigenvalue weighted by Crippen LogP contribution is 2.18. The van der Waals surface area contributed by atoms with Gasteiger partial charge in [-0.15, -0.1) is 0 Å². The lowest BCUT2D eigenvalue weighted by Crippen LogP contribution is -2.47. The fraction of sp³-hybridized carbons (Fsp3) is 0.222. The van der Waals surface area contributed by atoms with Gasteiger partial charge in [-0.2, -0.15) is 0 Å². The Hall–Kier alpha value is -3.42. The standard InChI is InChI=1S/C18H18N6O2/c25-16-15(21-18(26)22-16)12-13-6-7-19-17(20-13)24-10-8-23(9-11-24)14-4-2-1-3-5-14/h1-7,12H,8-11H2,(H2,21,22,25,26). The van der Waals surface area contributed by atoms with E-state index in [9.17, 15) is 9.59 Å². The summed E-state index contributed by atoms with van der Waals surface area (Å²) in [6.45, 7) is 3.40. The minimum Gasteiger partial charge on any atom is -0.368 e. The molecule has 0 unspecified atom stereocenters. The van der Waals surface area contributed by atoms with Crippen molar-refractivity contribution in [2.75, 3.05) is 36.0 Å². The fourth-order valence-corrected chi connectivity index (χ4v) is 3.03. The molecular weight excluding hydrogens is 332 g/mol. The van der Waals surface area contributed by atoms with Crippen LogP contribution in [-0.4, -0.2) is 48.1 Å². The van der Waals surface area contributed by atoms with Gasteiger partial charge in [0.1, 0.15) is 5.70 Å². The Kier molecular flexibility index (Phi) is 4.22. The summed E-state index contributed by atoms with van der Waals surface area (Å²) in [7, 11) is 0. The number of para-hydroxylation sites is 1. The molecule has 0 atom stereocenters. The van der Waals surface area contributed by atoms with Crippen LogP contribution in [0.5, 0.6) is 0 Å². The van der Waals surface area contributed by atoms with Crippen LogP contribution in [-0.2, 0) is 4.79 Å². The molecule has 2 fully saturated rings. The third-order valence-electron chi connectivity index (χ3n) is 4.36. The number of aromatic nitrogens is 2. The molecule has 8 nitrogen and oxygen atoms in total. The van der Waals surface area contributed by atoms with Gasteiger partial charge in [-0.3, -0.25) is 10.1 Å². The number of hydrogen-bond donors (Lipinski definition) is 2. The predicted molar refractivity (Wildman–Crippen MR) is 97.6 cm³/mol. The van der Waals surface area contributed by atoms with Gasteiger partial charge in [0.15, 0.2) is 0 Å². The first-order chi connectivity index (χ1) is 12.7. The van der Waals surface area contributed by atoms with Crippen LogP contribution in [0.4, 0.5) is 16.4 Å². The van der Waals surface area contributed by atoms with Gasteiger partial charge in [-0.05, 0) is 24.3 Å². The zero-order valence-corrected chi connectivity index (χ0v) is 14.1. The lowest BCUT2D eigenvalue weighted by molar-refractivity contribution is -0.115. The molecule has 0 saturated carbocycles. The van der Waals surface area contributed by atoms with E-state index in [2.05, 4.69) is 42.5 Å². The van der Waals surface area contributed by atoms with Gasteiger partial charge in [-0.25, -0.2) is 14.8 Å². The summed E-state index contributed by atoms with van der Waals surface area (Å²) in [4.78, 5) is 36.1. The Balaban J connectivity index is 1.45. The van der Waals surface area contributed by atoms with Crippen LogP contribution < -0.4 is 20.4 Å². The number of imide groups is 1. The summed E-state index contributed by atoms with van der Waals surface area (Å²) in [6, 6.07) is 11.5. The Bertz CT molecular complexity index is 859. The van der Waals surface area contributed by atoms with Crippen molar-refractivity contribution in [2.24, 2.45) is 0 Å². The van der Waals surface area contributed by atoms with E-state index in [1.54, 1.807) is 18.3 Å². The lowest BCUT2D eigenvalue weighted by Gasteiger charge is -2.36. The van der Waals surface area contributed by atoms with E-state index in [0.717, 1.165) is 26.2 Å². The van der Waals surface area contributed by atoms with E-state index in [1.807, 2.05) is 18.2 Å². The Morgan fingerprint density at radius 2 is 1.65 bits per heavy atom. The first-order valence-electron chi connectivity index (χ1n) is 8.41. The molecule has 4 rings (SSSR count). The van der Waals surface area contributed by atoms with Crippen molar-refractivity contribution in [1.29, 1.82) is 0 Å². The van der Waals surface area contributed by atoms with Gasteiger partial charge in [0.25, 0.3) is 5.91 Å². The second-order valence-electron chi connectivity index (χ2n) is 6.06. The zero-order valence-electron chi connectivity index (χ0n) is 14.1. The quantitative estimate of drug-likeness (QED) is 0.634. The van der Waals surface area contributed by atoms with Crippen molar-refractivity contribution in [3.8, 4) is 0 Å². The molecule has 2 aliphatic rings. The van der Waals surface area contributed by atoms with E-state index in [4.69, 9.17) is 0 Å². The molecule has 0 bridgehead atoms. The summed E-state index contributed by atoms with van der Waals surface area (Å²) in [5, 5.41) is 4.62. The summed E-state index contributed by atoms with van der Waals surface area (Å²) < 4.78 is 0. The molecule has 2 saturated heterocycles. The highest BCUT2D eigenvalue weighted by molar-refractivity contribution is 6.13. The summed E-state index contributed by atoms with van der Waals surface area (Å²) in [5.74, 6) is 0.170. The molecule has 3 amide bonds. The molecular formula is C18H18N6O2. The normalized spacial score (nSPS) is 18.8. The van der Waals surface area contributed by atoms with Gasteiger partial charge in [0.05, 0.1) is 5.69 Å². The number of nitrogens with zero attached hydrogens (tertiary/aromatic N) is 4. The Morgan fingerprint density at radius 3 is 2.35 bits per heavy atom. The molecule has 8 heteroatoms. The van der Waals surface area contributed by atoms with Gasteiger partial charge >= 0.3 is 6.03 Å². The number of nitrogens with one attached hydrogen (secondary N) is 2. The number of carbonyl (C=O) groups excluding carboxylic acids is 2. The van der Waals surface area contributed by atoms with Crippen LogP contribution in [0.3, 0.4) is 0 Å². The Labute approximate surface area is 150 Å². The van der Waals surface area contributed by atoms with Crippen LogP contribution in [0.2, 0.25) is 0 Å². The van der Waals surface area contributed by atoms with Crippen LogP contribution in [0, 0.1) is 0 Å². The third-order valence-corrected chi connectivity index (χ3v) is 4.36. The number of hydrogen-bond acceptors (Lipinski definition) is 6. The number of amides is 3. The Morgan fingerprint density at radius 1 is 0.923 bits per heavy atom. The molecule has 1 aromatic carbocycles. The minimum atomic E-state index is -0.521. The number of anilines is 2. The van der Waals surface area contributed by atoms with Crippen LogP contribution in [0.25, 0.3) is 6.08 Å². The minimum absolute atomic E-state index is 0.188. The summed E-state index contributed by atoms with van der Waals surface area (Å²) in [6.07, 6.45) is 3.21. The second kappa shape index (κ2) is 6.83. The average molecular weight is 350 g/mol. The van der Waals surface area contributed by atoms with Gasteiger partial charge < -0.3 is 15.1 Å². The van der Waals surface area contributed by atoms with E-state index in [1.165, 1.54) is 5.69 Å². The highest BCUT2D eigenvalue weighted by Gasteiger charge is 2.23. The van der Waals surface area contributed by atoms with E-state index in [-0.39, 0.29) is 5.70 Å². The smallest absolute Gasteiger partial charge is 0.326 e. The van der Waals surface area contributed by atoms with Crippen molar-refractivity contribution >= 4 is 29.7 Å². The molecule has 0 radical (unpaired) electrons. The number of urea groups is 1. The fourth-order valence-electron chi connectivity index (χ4n) is 3.03. The first kappa shape index (κ1) is 16.1. The van der Waals surface area contributed by atoms with E-state index < -0.39 is 11.9 Å². The highest BCUT2D eigenvalue weighted by atomic mass is 16.2. The SMILES string of the molecule is O=C1NC(=O)C(=Cc2ccnc(N3CCN(c4ccccc4)CC3)n2)N1. The molecule has 0 aliphatic carbocycles. The molecule has 2 N–H and O–H groups in total. The monoisotopic (exact) mass is 350 g/mol. The van der Waals surface area contributed by atoms with Gasteiger partial charge in [0.2, 0.25) is 5.95 Å². The molecule has 26 heavy (non-hydrogen) atoms. The third kappa shape index (κ3) is 3.34. The molecule has 3 heterocycles. The first-order valence-corrected chi connectivity index (χ1v) is 8.41. The summed E-state index contributed by atoms with van der Waals surface area (Å²) >= 11 is 0. The maximum atomic E-state index is 11.6. The van der Waals surface area contributed by atoms with Gasteiger partial charge in [0, 0.05) is 38.1 Å². The molecule has 0 spiro atoms. The van der Waals surface area contributed by atoms with Crippen molar-refractivity contribution in [1.82, 2.24) is 20.6 Å². The maximum Gasteiger partial charge on any atom is 0.326 e. The lowest BCUT2D eigenvalue weighted by atomic mass is 10.2. The summed E-state index contributed by atoms with van der Waals surface area (Å²) in [5.41, 5.74) is 1.98. The van der Waals surface area contributed by atoms with Crippen LogP contribution >= 0.6 is 0 Å². The zero-order chi connectivity index (χ0) is 17.9. The molecule has 1 aromatic heterocycles. The van der Waals surface area contributed by atoms with Crippen LogP contribution in [0.15, 0.2) is 48.3 Å². The van der Waals surface area contributed by atoms with Gasteiger partial charge in [-0.1, -0.05) is 18.2 Å². The average Bonchev–Trinajstić information content (AvgIpc) is 3.00. The largest absolute Gasteiger partial charge is 0.368 e. The topological polar surface area (TPSA) is 90.5 Å². The van der Waals surface area contributed by atoms with Crippen molar-refractivity contribution in [2.45, 2.75) is 0 Å². The maximum absolute atomic E-state index is 11.6. The van der Waals surface area contributed by atoms with Crippen molar-refractivity contribution in [3.05, 3.63) is 54.0 Å². The molecule has 2 aromatic rings. The number of carbonyl (C=O) groups is 2. The van der Waals surface area contributed by atoms with E-state index in [0.29, 0.717) is 11.6 Å². The predicted octanol–water partition coefficient (Wildman–Crippen LogP) is 0.983. The number of piperazine rings is 1. The van der Waals surface area contributed by atoms with Crippen molar-refractivity contribution in [3.63, 3.8) is 0 Å². The van der Waals surface area contributed by atoms with Crippen molar-refractivity contribution < 1.29 is 9.59 Å². The van der Waals surface area contributed by atoms with E-state index >= 15 is 0 Å². The van der Waals surface area contributed by atoms with Crippen LogP contribution in [0.1, 0.15) is 5.69 Å². The second-order valence-corrected chi connectivity index (χ2v) is 6.06. The molecule has 2 aliphatic heterocycles. The number of rotatable bonds is 3. The number of benzene rings is 1.